The van der Waals surface area contributed by atoms with Crippen LogP contribution in [-0.4, -0.2) is 32.6 Å². The van der Waals surface area contributed by atoms with Crippen molar-refractivity contribution in [1.29, 1.82) is 0 Å². The largest absolute Gasteiger partial charge is 0.352 e. The molecule has 1 aromatic rings. The number of nitrogens with zero attached hydrogens (tertiary/aromatic N) is 3. The summed E-state index contributed by atoms with van der Waals surface area (Å²) in [6.07, 6.45) is 3.53. The number of amides is 1. The number of thioether (sulfide) groups is 1. The summed E-state index contributed by atoms with van der Waals surface area (Å²) in [5.74, 6) is 7.98. The Balaban J connectivity index is 1.82. The van der Waals surface area contributed by atoms with Crippen molar-refractivity contribution in [3.05, 3.63) is 5.82 Å². The fraction of sp³-hybridized carbons (Fsp3) is 0.769. The van der Waals surface area contributed by atoms with Crippen LogP contribution in [0.15, 0.2) is 5.16 Å². The number of carbonyl (C=O) groups excluding carboxylic acids is 1. The fourth-order valence-corrected chi connectivity index (χ4v) is 3.33. The predicted octanol–water partition coefficient (Wildman–Crippen LogP) is 1.33. The molecule has 112 valence electrons. The van der Waals surface area contributed by atoms with Crippen molar-refractivity contribution in [3.8, 4) is 0 Å². The number of rotatable bonds is 4. The Morgan fingerprint density at radius 3 is 2.85 bits per heavy atom. The van der Waals surface area contributed by atoms with Gasteiger partial charge in [0.1, 0.15) is 5.82 Å². The molecule has 7 heteroatoms. The highest BCUT2D eigenvalue weighted by molar-refractivity contribution is 7.99. The van der Waals surface area contributed by atoms with Crippen LogP contribution < -0.4 is 11.2 Å². The maximum Gasteiger partial charge on any atom is 0.230 e. The molecule has 3 N–H and O–H groups in total. The molecule has 0 radical (unpaired) electrons. The van der Waals surface area contributed by atoms with E-state index in [1.165, 1.54) is 29.3 Å². The Morgan fingerprint density at radius 1 is 1.45 bits per heavy atom. The molecule has 1 heterocycles. The summed E-state index contributed by atoms with van der Waals surface area (Å²) in [5.41, 5.74) is 0. The van der Waals surface area contributed by atoms with Crippen molar-refractivity contribution in [1.82, 2.24) is 20.2 Å². The minimum Gasteiger partial charge on any atom is -0.352 e. The van der Waals surface area contributed by atoms with Gasteiger partial charge in [-0.15, -0.1) is 10.2 Å². The summed E-state index contributed by atoms with van der Waals surface area (Å²) >= 11 is 1.32. The zero-order valence-corrected chi connectivity index (χ0v) is 13.1. The van der Waals surface area contributed by atoms with Gasteiger partial charge in [0, 0.05) is 6.04 Å². The molecule has 1 aliphatic rings. The first kappa shape index (κ1) is 15.2. The SMILES string of the molecule is Cc1nnc(SCC(=O)NC2CCCC(C)C2C)n1N. The van der Waals surface area contributed by atoms with Gasteiger partial charge in [-0.25, -0.2) is 4.68 Å². The van der Waals surface area contributed by atoms with E-state index in [4.69, 9.17) is 5.84 Å². The minimum atomic E-state index is 0.0432. The van der Waals surface area contributed by atoms with Crippen molar-refractivity contribution >= 4 is 17.7 Å². The third-order valence-electron chi connectivity index (χ3n) is 4.22. The Labute approximate surface area is 123 Å². The van der Waals surface area contributed by atoms with Crippen LogP contribution in [0.2, 0.25) is 0 Å². The summed E-state index contributed by atoms with van der Waals surface area (Å²) in [4.78, 5) is 12.0. The molecule has 0 spiro atoms. The maximum atomic E-state index is 12.0. The molecule has 20 heavy (non-hydrogen) atoms. The molecular weight excluding hydrogens is 274 g/mol. The van der Waals surface area contributed by atoms with E-state index in [0.717, 1.165) is 6.42 Å². The normalized spacial score (nSPS) is 26.4. The number of aryl methyl sites for hydroxylation is 1. The smallest absolute Gasteiger partial charge is 0.230 e. The van der Waals surface area contributed by atoms with Crippen molar-refractivity contribution in [2.75, 3.05) is 11.6 Å². The highest BCUT2D eigenvalue weighted by Crippen LogP contribution is 2.29. The van der Waals surface area contributed by atoms with E-state index >= 15 is 0 Å². The second-order valence-electron chi connectivity index (χ2n) is 5.63. The molecule has 1 aromatic heterocycles. The fourth-order valence-electron chi connectivity index (χ4n) is 2.61. The Kier molecular flexibility index (Phi) is 4.91. The van der Waals surface area contributed by atoms with Crippen molar-refractivity contribution < 1.29 is 4.79 Å². The van der Waals surface area contributed by atoms with Crippen molar-refractivity contribution in [2.24, 2.45) is 11.8 Å². The molecule has 1 aliphatic carbocycles. The van der Waals surface area contributed by atoms with E-state index in [1.807, 2.05) is 0 Å². The summed E-state index contributed by atoms with van der Waals surface area (Å²) in [6, 6.07) is 0.296. The van der Waals surface area contributed by atoms with Gasteiger partial charge in [0.05, 0.1) is 5.75 Å². The molecule has 3 atom stereocenters. The Hall–Kier alpha value is -1.24. The van der Waals surface area contributed by atoms with Crippen LogP contribution in [0.25, 0.3) is 0 Å². The van der Waals surface area contributed by atoms with E-state index in [0.29, 0.717) is 34.6 Å². The van der Waals surface area contributed by atoms with Gasteiger partial charge in [0.25, 0.3) is 0 Å². The van der Waals surface area contributed by atoms with Gasteiger partial charge in [0.2, 0.25) is 11.1 Å². The third-order valence-corrected chi connectivity index (χ3v) is 5.16. The molecule has 6 nitrogen and oxygen atoms in total. The Bertz CT molecular complexity index is 475. The number of hydrogen-bond donors (Lipinski definition) is 2. The van der Waals surface area contributed by atoms with Crippen LogP contribution >= 0.6 is 11.8 Å². The van der Waals surface area contributed by atoms with Gasteiger partial charge < -0.3 is 11.2 Å². The highest BCUT2D eigenvalue weighted by Gasteiger charge is 2.28. The topological polar surface area (TPSA) is 85.8 Å². The van der Waals surface area contributed by atoms with E-state index in [-0.39, 0.29) is 5.91 Å². The zero-order valence-electron chi connectivity index (χ0n) is 12.3. The number of hydrogen-bond acceptors (Lipinski definition) is 5. The van der Waals surface area contributed by atoms with Crippen LogP contribution in [0.3, 0.4) is 0 Å². The average Bonchev–Trinajstić information content (AvgIpc) is 2.73. The quantitative estimate of drug-likeness (QED) is 0.647. The number of nitrogens with one attached hydrogen (secondary N) is 1. The molecule has 1 amide bonds. The molecule has 0 aliphatic heterocycles. The first-order valence-electron chi connectivity index (χ1n) is 7.08. The number of carbonyl (C=O) groups is 1. The lowest BCUT2D eigenvalue weighted by Gasteiger charge is -2.34. The standard InChI is InChI=1S/C13H23N5OS/c1-8-5-4-6-11(9(8)2)15-12(19)7-20-13-17-16-10(3)18(13)14/h8-9,11H,4-7,14H2,1-3H3,(H,15,19). The first-order chi connectivity index (χ1) is 9.49. The summed E-state index contributed by atoms with van der Waals surface area (Å²) in [7, 11) is 0. The molecule has 0 saturated heterocycles. The molecule has 0 aromatic carbocycles. The first-order valence-corrected chi connectivity index (χ1v) is 8.07. The van der Waals surface area contributed by atoms with Crippen LogP contribution in [0.4, 0.5) is 0 Å². The zero-order chi connectivity index (χ0) is 14.7. The third kappa shape index (κ3) is 3.45. The summed E-state index contributed by atoms with van der Waals surface area (Å²) < 4.78 is 1.41. The van der Waals surface area contributed by atoms with Crippen molar-refractivity contribution in [2.45, 2.75) is 51.2 Å². The lowest BCUT2D eigenvalue weighted by molar-refractivity contribution is -0.120. The summed E-state index contributed by atoms with van der Waals surface area (Å²) in [5, 5.41) is 11.5. The molecule has 3 unspecified atom stereocenters. The molecule has 1 saturated carbocycles. The Morgan fingerprint density at radius 2 is 2.20 bits per heavy atom. The number of aromatic nitrogens is 3. The van der Waals surface area contributed by atoms with Crippen LogP contribution in [-0.2, 0) is 4.79 Å². The minimum absolute atomic E-state index is 0.0432. The summed E-state index contributed by atoms with van der Waals surface area (Å²) in [6.45, 7) is 6.27. The van der Waals surface area contributed by atoms with Crippen molar-refractivity contribution in [3.63, 3.8) is 0 Å². The van der Waals surface area contributed by atoms with Crippen LogP contribution in [0.1, 0.15) is 38.9 Å². The molecule has 1 fully saturated rings. The van der Waals surface area contributed by atoms with Crippen LogP contribution in [0.5, 0.6) is 0 Å². The predicted molar refractivity (Wildman–Crippen MR) is 79.7 cm³/mol. The van der Waals surface area contributed by atoms with E-state index < -0.39 is 0 Å². The monoisotopic (exact) mass is 297 g/mol. The second kappa shape index (κ2) is 6.47. The highest BCUT2D eigenvalue weighted by atomic mass is 32.2. The lowest BCUT2D eigenvalue weighted by atomic mass is 9.78. The van der Waals surface area contributed by atoms with Gasteiger partial charge in [-0.2, -0.15) is 0 Å². The number of nitrogens with two attached hydrogens (primary N) is 1. The van der Waals surface area contributed by atoms with E-state index in [1.54, 1.807) is 6.92 Å². The van der Waals surface area contributed by atoms with Gasteiger partial charge in [-0.05, 0) is 25.2 Å². The van der Waals surface area contributed by atoms with Gasteiger partial charge >= 0.3 is 0 Å². The molecular formula is C13H23N5OS. The van der Waals surface area contributed by atoms with Gasteiger partial charge in [-0.1, -0.05) is 38.5 Å². The molecule has 2 rings (SSSR count). The van der Waals surface area contributed by atoms with E-state index in [2.05, 4.69) is 29.4 Å². The van der Waals surface area contributed by atoms with E-state index in [9.17, 15) is 4.79 Å². The van der Waals surface area contributed by atoms with Gasteiger partial charge in [0.15, 0.2) is 0 Å². The average molecular weight is 297 g/mol. The number of nitrogen functional groups attached to an aromatic ring is 1. The molecule has 0 bridgehead atoms. The lowest BCUT2D eigenvalue weighted by Crippen LogP contribution is -2.44. The van der Waals surface area contributed by atoms with Crippen LogP contribution in [0, 0.1) is 18.8 Å². The second-order valence-corrected chi connectivity index (χ2v) is 6.57. The van der Waals surface area contributed by atoms with Gasteiger partial charge in [-0.3, -0.25) is 4.79 Å². The maximum absolute atomic E-state index is 12.0.